The van der Waals surface area contributed by atoms with Crippen molar-refractivity contribution in [2.24, 2.45) is 5.73 Å². The quantitative estimate of drug-likeness (QED) is 0.855. The van der Waals surface area contributed by atoms with Crippen molar-refractivity contribution in [1.82, 2.24) is 4.31 Å². The van der Waals surface area contributed by atoms with Crippen LogP contribution >= 0.6 is 46.8 Å². The van der Waals surface area contributed by atoms with Crippen molar-refractivity contribution in [2.75, 3.05) is 6.54 Å². The molecular formula is C9H10Cl2N2O2S3. The zero-order chi connectivity index (χ0) is 13.5. The molecule has 0 bridgehead atoms. The molecule has 1 aromatic heterocycles. The fraction of sp³-hybridized carbons (Fsp3) is 0.444. The first kappa shape index (κ1) is 14.5. The van der Waals surface area contributed by atoms with E-state index in [1.807, 2.05) is 0 Å². The fourth-order valence-corrected chi connectivity index (χ4v) is 6.04. The predicted octanol–water partition coefficient (Wildman–Crippen LogP) is 2.49. The van der Waals surface area contributed by atoms with Gasteiger partial charge < -0.3 is 5.73 Å². The smallest absolute Gasteiger partial charge is 0.246 e. The van der Waals surface area contributed by atoms with Gasteiger partial charge in [0.2, 0.25) is 10.0 Å². The highest BCUT2D eigenvalue weighted by molar-refractivity contribution is 7.89. The Balaban J connectivity index is 2.43. The van der Waals surface area contributed by atoms with Gasteiger partial charge in [-0.1, -0.05) is 35.4 Å². The van der Waals surface area contributed by atoms with Gasteiger partial charge in [0.25, 0.3) is 0 Å². The Morgan fingerprint density at radius 1 is 1.56 bits per heavy atom. The van der Waals surface area contributed by atoms with Gasteiger partial charge >= 0.3 is 0 Å². The van der Waals surface area contributed by atoms with Crippen LogP contribution in [-0.2, 0) is 10.0 Å². The third kappa shape index (κ3) is 2.52. The maximum Gasteiger partial charge on any atom is 0.246 e. The lowest BCUT2D eigenvalue weighted by atomic mass is 10.2. The summed E-state index contributed by atoms with van der Waals surface area (Å²) < 4.78 is 26.7. The minimum absolute atomic E-state index is 0.0299. The van der Waals surface area contributed by atoms with Crippen molar-refractivity contribution in [3.8, 4) is 0 Å². The van der Waals surface area contributed by atoms with Gasteiger partial charge in [0, 0.05) is 6.54 Å². The van der Waals surface area contributed by atoms with Crippen molar-refractivity contribution < 1.29 is 8.42 Å². The van der Waals surface area contributed by atoms with Crippen molar-refractivity contribution in [3.05, 3.63) is 14.7 Å². The van der Waals surface area contributed by atoms with Crippen molar-refractivity contribution in [3.63, 3.8) is 0 Å². The van der Waals surface area contributed by atoms with E-state index in [0.29, 0.717) is 17.3 Å². The molecule has 9 heteroatoms. The summed E-state index contributed by atoms with van der Waals surface area (Å²) in [7, 11) is -3.68. The predicted molar refractivity (Wildman–Crippen MR) is 78.0 cm³/mol. The van der Waals surface area contributed by atoms with E-state index < -0.39 is 16.1 Å². The third-order valence-electron chi connectivity index (χ3n) is 2.74. The summed E-state index contributed by atoms with van der Waals surface area (Å²) in [6.07, 6.45) is 1.38. The van der Waals surface area contributed by atoms with E-state index in [1.165, 1.54) is 10.4 Å². The largest absolute Gasteiger partial charge is 0.392 e. The van der Waals surface area contributed by atoms with E-state index in [9.17, 15) is 8.42 Å². The van der Waals surface area contributed by atoms with Crippen LogP contribution in [0, 0.1) is 0 Å². The summed E-state index contributed by atoms with van der Waals surface area (Å²) in [5.74, 6) is 0. The fourth-order valence-electron chi connectivity index (χ4n) is 1.94. The van der Waals surface area contributed by atoms with Crippen LogP contribution in [0.25, 0.3) is 0 Å². The van der Waals surface area contributed by atoms with Crippen molar-refractivity contribution in [2.45, 2.75) is 23.8 Å². The number of thiophene rings is 1. The van der Waals surface area contributed by atoms with Crippen LogP contribution in [0.15, 0.2) is 11.0 Å². The summed E-state index contributed by atoms with van der Waals surface area (Å²) in [5, 5.41) is 0. The number of halogens is 2. The van der Waals surface area contributed by atoms with E-state index in [4.69, 9.17) is 41.2 Å². The molecule has 0 saturated carbocycles. The first-order chi connectivity index (χ1) is 8.34. The summed E-state index contributed by atoms with van der Waals surface area (Å²) in [6, 6.07) is 0.929. The molecule has 2 heterocycles. The van der Waals surface area contributed by atoms with Gasteiger partial charge in [0.05, 0.1) is 15.4 Å². The second-order valence-corrected chi connectivity index (χ2v) is 8.48. The lowest BCUT2D eigenvalue weighted by Gasteiger charge is -2.22. The van der Waals surface area contributed by atoms with Gasteiger partial charge in [0.1, 0.15) is 9.23 Å². The molecule has 100 valence electrons. The molecule has 2 rings (SSSR count). The summed E-state index contributed by atoms with van der Waals surface area (Å²) >= 11 is 17.6. The Kier molecular flexibility index (Phi) is 4.20. The van der Waals surface area contributed by atoms with Gasteiger partial charge in [-0.15, -0.1) is 11.3 Å². The monoisotopic (exact) mass is 344 g/mol. The molecule has 0 aliphatic carbocycles. The summed E-state index contributed by atoms with van der Waals surface area (Å²) in [5.41, 5.74) is 5.58. The van der Waals surface area contributed by atoms with Crippen LogP contribution in [-0.4, -0.2) is 30.3 Å². The zero-order valence-electron chi connectivity index (χ0n) is 9.10. The molecule has 1 aliphatic heterocycles. The van der Waals surface area contributed by atoms with Crippen LogP contribution in [0.5, 0.6) is 0 Å². The number of sulfonamides is 1. The molecule has 2 N–H and O–H groups in total. The summed E-state index contributed by atoms with van der Waals surface area (Å²) in [6.45, 7) is 0.397. The lowest BCUT2D eigenvalue weighted by molar-refractivity contribution is 0.446. The Labute approximate surface area is 125 Å². The number of hydrogen-bond donors (Lipinski definition) is 1. The van der Waals surface area contributed by atoms with Gasteiger partial charge in [-0.3, -0.25) is 0 Å². The second-order valence-electron chi connectivity index (χ2n) is 3.86. The maximum atomic E-state index is 12.5. The molecule has 1 saturated heterocycles. The highest BCUT2D eigenvalue weighted by atomic mass is 35.5. The van der Waals surface area contributed by atoms with E-state index >= 15 is 0 Å². The van der Waals surface area contributed by atoms with Crippen LogP contribution in [0.2, 0.25) is 8.67 Å². The molecule has 1 unspecified atom stereocenters. The van der Waals surface area contributed by atoms with Crippen molar-refractivity contribution in [1.29, 1.82) is 0 Å². The molecule has 4 nitrogen and oxygen atoms in total. The van der Waals surface area contributed by atoms with E-state index in [-0.39, 0.29) is 14.2 Å². The number of hydrogen-bond acceptors (Lipinski definition) is 4. The number of rotatable bonds is 3. The second kappa shape index (κ2) is 5.22. The van der Waals surface area contributed by atoms with Crippen LogP contribution < -0.4 is 5.73 Å². The molecule has 1 aliphatic rings. The highest BCUT2D eigenvalue weighted by Crippen LogP contribution is 2.37. The highest BCUT2D eigenvalue weighted by Gasteiger charge is 2.38. The molecule has 0 radical (unpaired) electrons. The number of nitrogens with two attached hydrogens (primary N) is 1. The first-order valence-electron chi connectivity index (χ1n) is 5.10. The van der Waals surface area contributed by atoms with E-state index in [1.54, 1.807) is 0 Å². The molecule has 1 fully saturated rings. The van der Waals surface area contributed by atoms with Crippen LogP contribution in [0.1, 0.15) is 12.8 Å². The Morgan fingerprint density at radius 3 is 2.72 bits per heavy atom. The van der Waals surface area contributed by atoms with E-state index in [0.717, 1.165) is 17.8 Å². The molecular weight excluding hydrogens is 335 g/mol. The molecule has 0 aromatic carbocycles. The minimum atomic E-state index is -3.68. The van der Waals surface area contributed by atoms with Crippen LogP contribution in [0.4, 0.5) is 0 Å². The van der Waals surface area contributed by atoms with Gasteiger partial charge in [-0.25, -0.2) is 8.42 Å². The molecule has 0 amide bonds. The lowest BCUT2D eigenvalue weighted by Crippen LogP contribution is -2.42. The first-order valence-corrected chi connectivity index (χ1v) is 8.52. The standard InChI is InChI=1S/C9H10Cl2N2O2S3/c10-7-4-6(8(11)17-7)18(14,15)13-3-1-2-5(13)9(12)16/h4-5H,1-3H2,(H2,12,16). The molecule has 1 aromatic rings. The van der Waals surface area contributed by atoms with Crippen LogP contribution in [0.3, 0.4) is 0 Å². The summed E-state index contributed by atoms with van der Waals surface area (Å²) in [4.78, 5) is 0.218. The van der Waals surface area contributed by atoms with Crippen molar-refractivity contribution >= 4 is 61.8 Å². The SMILES string of the molecule is NC(=S)C1CCCN1S(=O)(=O)c1cc(Cl)sc1Cl. The molecule has 18 heavy (non-hydrogen) atoms. The Bertz CT molecular complexity index is 585. The normalized spacial score (nSPS) is 21.3. The van der Waals surface area contributed by atoms with Gasteiger partial charge in [0.15, 0.2) is 0 Å². The van der Waals surface area contributed by atoms with E-state index in [2.05, 4.69) is 0 Å². The molecule has 0 spiro atoms. The Hall–Kier alpha value is 0.0800. The Morgan fingerprint density at radius 2 is 2.22 bits per heavy atom. The molecule has 1 atom stereocenters. The number of nitrogens with zero attached hydrogens (tertiary/aromatic N) is 1. The topological polar surface area (TPSA) is 63.4 Å². The third-order valence-corrected chi connectivity index (χ3v) is 6.68. The average Bonchev–Trinajstić information content (AvgIpc) is 2.84. The average molecular weight is 345 g/mol. The zero-order valence-corrected chi connectivity index (χ0v) is 13.1. The maximum absolute atomic E-state index is 12.5. The van der Waals surface area contributed by atoms with Gasteiger partial charge in [-0.05, 0) is 18.9 Å². The number of thiocarbonyl (C=S) groups is 1. The van der Waals surface area contributed by atoms with Gasteiger partial charge in [-0.2, -0.15) is 4.31 Å². The minimum Gasteiger partial charge on any atom is -0.392 e.